The van der Waals surface area contributed by atoms with Crippen LogP contribution in [0.4, 0.5) is 11.5 Å². The molecule has 2 saturated carbocycles. The van der Waals surface area contributed by atoms with Gasteiger partial charge in [-0.05, 0) is 50.7 Å². The van der Waals surface area contributed by atoms with Gasteiger partial charge in [0.2, 0.25) is 5.88 Å². The summed E-state index contributed by atoms with van der Waals surface area (Å²) in [6.45, 7) is 3.95. The van der Waals surface area contributed by atoms with Gasteiger partial charge in [-0.25, -0.2) is 0 Å². The summed E-state index contributed by atoms with van der Waals surface area (Å²) in [6.07, 6.45) is 7.78. The molecule has 3 rings (SSSR count). The summed E-state index contributed by atoms with van der Waals surface area (Å²) in [4.78, 5) is 7.07. The van der Waals surface area contributed by atoms with E-state index in [9.17, 15) is 0 Å². The van der Waals surface area contributed by atoms with Crippen molar-refractivity contribution >= 4 is 11.5 Å². The minimum absolute atomic E-state index is 0.617. The Morgan fingerprint density at radius 2 is 2.00 bits per heavy atom. The molecular formula is C16H25N3O. The largest absolute Gasteiger partial charge is 0.476 e. The first kappa shape index (κ1) is 13.5. The third-order valence-electron chi connectivity index (χ3n) is 4.43. The Morgan fingerprint density at radius 1 is 1.25 bits per heavy atom. The van der Waals surface area contributed by atoms with Crippen LogP contribution in [0.3, 0.4) is 0 Å². The number of nitrogens with two attached hydrogens (primary N) is 1. The molecule has 0 aliphatic heterocycles. The molecule has 0 radical (unpaired) electrons. The van der Waals surface area contributed by atoms with Crippen LogP contribution >= 0.6 is 0 Å². The van der Waals surface area contributed by atoms with Crippen LogP contribution in [-0.4, -0.2) is 24.2 Å². The van der Waals surface area contributed by atoms with Gasteiger partial charge in [0.05, 0.1) is 12.3 Å². The topological polar surface area (TPSA) is 51.4 Å². The van der Waals surface area contributed by atoms with Crippen LogP contribution in [0.15, 0.2) is 12.1 Å². The highest BCUT2D eigenvalue weighted by Gasteiger charge is 2.25. The molecule has 110 valence electrons. The second-order valence-corrected chi connectivity index (χ2v) is 6.04. The van der Waals surface area contributed by atoms with Gasteiger partial charge >= 0.3 is 0 Å². The van der Waals surface area contributed by atoms with Gasteiger partial charge in [-0.3, -0.25) is 0 Å². The van der Waals surface area contributed by atoms with Gasteiger partial charge in [-0.2, -0.15) is 4.98 Å². The van der Waals surface area contributed by atoms with Crippen molar-refractivity contribution in [3.63, 3.8) is 0 Å². The molecule has 20 heavy (non-hydrogen) atoms. The standard InChI is InChI=1S/C16H25N3O/c1-2-19(13-5-3-4-6-13)15-10-9-14(17)16(18-15)20-11-12-7-8-12/h9-10,12-13H,2-8,11,17H2,1H3. The third-order valence-corrected chi connectivity index (χ3v) is 4.43. The van der Waals surface area contributed by atoms with E-state index in [0.29, 0.717) is 17.6 Å². The lowest BCUT2D eigenvalue weighted by Gasteiger charge is -2.29. The first-order chi connectivity index (χ1) is 9.78. The van der Waals surface area contributed by atoms with Gasteiger partial charge in [0.25, 0.3) is 0 Å². The zero-order valence-corrected chi connectivity index (χ0v) is 12.3. The highest BCUT2D eigenvalue weighted by molar-refractivity contribution is 5.55. The highest BCUT2D eigenvalue weighted by Crippen LogP contribution is 2.32. The molecule has 0 aromatic carbocycles. The van der Waals surface area contributed by atoms with Crippen molar-refractivity contribution in [2.75, 3.05) is 23.8 Å². The van der Waals surface area contributed by atoms with Crippen molar-refractivity contribution in [3.05, 3.63) is 12.1 Å². The Morgan fingerprint density at radius 3 is 2.65 bits per heavy atom. The monoisotopic (exact) mass is 275 g/mol. The zero-order chi connectivity index (χ0) is 13.9. The van der Waals surface area contributed by atoms with Crippen molar-refractivity contribution in [2.45, 2.75) is 51.5 Å². The zero-order valence-electron chi connectivity index (χ0n) is 12.3. The molecule has 1 aromatic heterocycles. The molecule has 1 heterocycles. The molecular weight excluding hydrogens is 250 g/mol. The Hall–Kier alpha value is -1.45. The maximum absolute atomic E-state index is 5.99. The fourth-order valence-corrected chi connectivity index (χ4v) is 3.02. The number of nitrogen functional groups attached to an aromatic ring is 1. The van der Waals surface area contributed by atoms with E-state index < -0.39 is 0 Å². The number of nitrogens with zero attached hydrogens (tertiary/aromatic N) is 2. The normalized spacial score (nSPS) is 19.2. The molecule has 4 heteroatoms. The van der Waals surface area contributed by atoms with Gasteiger partial charge in [-0.1, -0.05) is 12.8 Å². The minimum Gasteiger partial charge on any atom is -0.476 e. The van der Waals surface area contributed by atoms with E-state index in [1.807, 2.05) is 12.1 Å². The Labute approximate surface area is 121 Å². The molecule has 4 nitrogen and oxygen atoms in total. The first-order valence-electron chi connectivity index (χ1n) is 7.94. The van der Waals surface area contributed by atoms with E-state index in [-0.39, 0.29) is 0 Å². The summed E-state index contributed by atoms with van der Waals surface area (Å²) in [6, 6.07) is 4.59. The molecule has 2 N–H and O–H groups in total. The Balaban J connectivity index is 1.74. The lowest BCUT2D eigenvalue weighted by atomic mass is 10.2. The van der Waals surface area contributed by atoms with Crippen molar-refractivity contribution in [3.8, 4) is 5.88 Å². The molecule has 2 aliphatic rings. The van der Waals surface area contributed by atoms with Crippen molar-refractivity contribution in [1.29, 1.82) is 0 Å². The summed E-state index contributed by atoms with van der Waals surface area (Å²) in [7, 11) is 0. The molecule has 0 amide bonds. The van der Waals surface area contributed by atoms with Crippen LogP contribution in [0.2, 0.25) is 0 Å². The number of rotatable bonds is 6. The van der Waals surface area contributed by atoms with Crippen LogP contribution in [0.5, 0.6) is 5.88 Å². The summed E-state index contributed by atoms with van der Waals surface area (Å²) >= 11 is 0. The average Bonchev–Trinajstić information content (AvgIpc) is 3.14. The second-order valence-electron chi connectivity index (χ2n) is 6.04. The summed E-state index contributed by atoms with van der Waals surface area (Å²) in [5, 5.41) is 0. The molecule has 1 aromatic rings. The second kappa shape index (κ2) is 5.90. The molecule has 0 unspecified atom stereocenters. The van der Waals surface area contributed by atoms with Gasteiger partial charge in [-0.15, -0.1) is 0 Å². The average molecular weight is 275 g/mol. The number of ether oxygens (including phenoxy) is 1. The maximum Gasteiger partial charge on any atom is 0.239 e. The predicted octanol–water partition coefficient (Wildman–Crippen LogP) is 3.22. The molecule has 2 fully saturated rings. The van der Waals surface area contributed by atoms with Crippen molar-refractivity contribution in [1.82, 2.24) is 4.98 Å². The van der Waals surface area contributed by atoms with E-state index >= 15 is 0 Å². The van der Waals surface area contributed by atoms with Crippen LogP contribution in [0.25, 0.3) is 0 Å². The van der Waals surface area contributed by atoms with Crippen LogP contribution < -0.4 is 15.4 Å². The number of pyridine rings is 1. The number of hydrogen-bond donors (Lipinski definition) is 1. The lowest BCUT2D eigenvalue weighted by Crippen LogP contribution is -2.33. The van der Waals surface area contributed by atoms with E-state index in [2.05, 4.69) is 16.8 Å². The fraction of sp³-hybridized carbons (Fsp3) is 0.688. The molecule has 0 spiro atoms. The summed E-state index contributed by atoms with van der Waals surface area (Å²) in [5.74, 6) is 2.35. The van der Waals surface area contributed by atoms with Crippen LogP contribution in [-0.2, 0) is 0 Å². The third kappa shape index (κ3) is 3.00. The first-order valence-corrected chi connectivity index (χ1v) is 7.94. The van der Waals surface area contributed by atoms with Crippen molar-refractivity contribution in [2.24, 2.45) is 5.92 Å². The number of hydrogen-bond acceptors (Lipinski definition) is 4. The number of anilines is 2. The lowest BCUT2D eigenvalue weighted by molar-refractivity contribution is 0.290. The quantitative estimate of drug-likeness (QED) is 0.866. The number of aromatic nitrogens is 1. The molecule has 2 aliphatic carbocycles. The van der Waals surface area contributed by atoms with Gasteiger partial charge in [0, 0.05) is 12.6 Å². The highest BCUT2D eigenvalue weighted by atomic mass is 16.5. The predicted molar refractivity (Wildman–Crippen MR) is 82.1 cm³/mol. The van der Waals surface area contributed by atoms with Gasteiger partial charge in [0.15, 0.2) is 0 Å². The van der Waals surface area contributed by atoms with E-state index in [1.54, 1.807) is 0 Å². The molecule has 0 saturated heterocycles. The van der Waals surface area contributed by atoms with E-state index in [1.165, 1.54) is 38.5 Å². The SMILES string of the molecule is CCN(c1ccc(N)c(OCC2CC2)n1)C1CCCC1. The van der Waals surface area contributed by atoms with Crippen LogP contribution in [0, 0.1) is 5.92 Å². The van der Waals surface area contributed by atoms with Gasteiger partial charge in [0.1, 0.15) is 5.82 Å². The van der Waals surface area contributed by atoms with E-state index in [0.717, 1.165) is 24.9 Å². The van der Waals surface area contributed by atoms with E-state index in [4.69, 9.17) is 10.5 Å². The smallest absolute Gasteiger partial charge is 0.239 e. The minimum atomic E-state index is 0.617. The molecule has 0 atom stereocenters. The fourth-order valence-electron chi connectivity index (χ4n) is 3.02. The molecule has 0 bridgehead atoms. The maximum atomic E-state index is 5.99. The van der Waals surface area contributed by atoms with Gasteiger partial charge < -0.3 is 15.4 Å². The van der Waals surface area contributed by atoms with Crippen molar-refractivity contribution < 1.29 is 4.74 Å². The Kier molecular flexibility index (Phi) is 3.99. The summed E-state index contributed by atoms with van der Waals surface area (Å²) in [5.41, 5.74) is 6.63. The Bertz CT molecular complexity index is 453. The summed E-state index contributed by atoms with van der Waals surface area (Å²) < 4.78 is 5.80. The van der Waals surface area contributed by atoms with Crippen LogP contribution in [0.1, 0.15) is 45.4 Å².